The summed E-state index contributed by atoms with van der Waals surface area (Å²) < 4.78 is 5.99. The van der Waals surface area contributed by atoms with Gasteiger partial charge >= 0.3 is 0 Å². The van der Waals surface area contributed by atoms with E-state index in [-0.39, 0.29) is 17.6 Å². The van der Waals surface area contributed by atoms with Crippen LogP contribution < -0.4 is 4.74 Å². The van der Waals surface area contributed by atoms with Crippen LogP contribution >= 0.6 is 11.6 Å². The van der Waals surface area contributed by atoms with Crippen molar-refractivity contribution in [3.05, 3.63) is 28.8 Å². The van der Waals surface area contributed by atoms with Gasteiger partial charge in [0.15, 0.2) is 0 Å². The third kappa shape index (κ3) is 2.16. The lowest BCUT2D eigenvalue weighted by Gasteiger charge is -2.50. The van der Waals surface area contributed by atoms with Gasteiger partial charge in [0, 0.05) is 16.9 Å². The molecule has 0 aliphatic heterocycles. The first kappa shape index (κ1) is 12.7. The van der Waals surface area contributed by atoms with Gasteiger partial charge in [0.25, 0.3) is 0 Å². The predicted octanol–water partition coefficient (Wildman–Crippen LogP) is 3.58. The van der Waals surface area contributed by atoms with Crippen LogP contribution in [-0.4, -0.2) is 17.3 Å². The van der Waals surface area contributed by atoms with Crippen molar-refractivity contribution >= 4 is 11.6 Å². The van der Waals surface area contributed by atoms with Crippen molar-refractivity contribution in [1.29, 1.82) is 0 Å². The van der Waals surface area contributed by atoms with Crippen molar-refractivity contribution in [2.24, 2.45) is 5.41 Å². The standard InChI is InChI=1S/C14H19ClO2/c1-4-14(3)12(16)8-13(14)17-11-6-5-10(15)7-9(11)2/h5-7,12-13,16H,4,8H2,1-3H3. The molecule has 0 spiro atoms. The maximum absolute atomic E-state index is 9.83. The molecule has 1 N–H and O–H groups in total. The van der Waals surface area contributed by atoms with E-state index in [9.17, 15) is 5.11 Å². The molecule has 0 heterocycles. The fourth-order valence-electron chi connectivity index (χ4n) is 2.34. The van der Waals surface area contributed by atoms with Gasteiger partial charge in [-0.1, -0.05) is 25.4 Å². The lowest BCUT2D eigenvalue weighted by atomic mass is 9.63. The zero-order valence-electron chi connectivity index (χ0n) is 10.5. The van der Waals surface area contributed by atoms with Crippen molar-refractivity contribution in [2.45, 2.75) is 45.8 Å². The van der Waals surface area contributed by atoms with E-state index in [1.54, 1.807) is 0 Å². The van der Waals surface area contributed by atoms with Gasteiger partial charge < -0.3 is 9.84 Å². The first-order chi connectivity index (χ1) is 7.97. The highest BCUT2D eigenvalue weighted by atomic mass is 35.5. The highest BCUT2D eigenvalue weighted by molar-refractivity contribution is 6.30. The van der Waals surface area contributed by atoms with Crippen LogP contribution in [-0.2, 0) is 0 Å². The second-order valence-electron chi connectivity index (χ2n) is 5.13. The van der Waals surface area contributed by atoms with Crippen molar-refractivity contribution < 1.29 is 9.84 Å². The third-order valence-electron chi connectivity index (χ3n) is 4.10. The molecule has 0 aromatic heterocycles. The summed E-state index contributed by atoms with van der Waals surface area (Å²) in [4.78, 5) is 0. The number of hydrogen-bond acceptors (Lipinski definition) is 2. The monoisotopic (exact) mass is 254 g/mol. The van der Waals surface area contributed by atoms with Crippen molar-refractivity contribution in [3.63, 3.8) is 0 Å². The Balaban J connectivity index is 2.12. The zero-order valence-corrected chi connectivity index (χ0v) is 11.3. The molecule has 2 nitrogen and oxygen atoms in total. The van der Waals surface area contributed by atoms with E-state index in [0.29, 0.717) is 6.42 Å². The predicted molar refractivity (Wildman–Crippen MR) is 69.6 cm³/mol. The Bertz CT molecular complexity index is 419. The van der Waals surface area contributed by atoms with Gasteiger partial charge in [0.1, 0.15) is 11.9 Å². The fourth-order valence-corrected chi connectivity index (χ4v) is 2.57. The molecule has 3 heteroatoms. The highest BCUT2D eigenvalue weighted by Crippen LogP contribution is 2.46. The molecule has 1 saturated carbocycles. The number of rotatable bonds is 3. The Kier molecular flexibility index (Phi) is 3.37. The van der Waals surface area contributed by atoms with Crippen LogP contribution in [0.25, 0.3) is 0 Å². The zero-order chi connectivity index (χ0) is 12.6. The minimum Gasteiger partial charge on any atom is -0.489 e. The number of ether oxygens (including phenoxy) is 1. The Hall–Kier alpha value is -0.730. The van der Waals surface area contributed by atoms with Crippen LogP contribution in [0.4, 0.5) is 0 Å². The van der Waals surface area contributed by atoms with Crippen LogP contribution in [0, 0.1) is 12.3 Å². The minimum absolute atomic E-state index is 0.0994. The number of hydrogen-bond donors (Lipinski definition) is 1. The van der Waals surface area contributed by atoms with Crippen molar-refractivity contribution in [1.82, 2.24) is 0 Å². The van der Waals surface area contributed by atoms with E-state index in [4.69, 9.17) is 16.3 Å². The molecule has 94 valence electrons. The molecule has 3 atom stereocenters. The molecule has 1 aliphatic rings. The SMILES string of the molecule is CCC1(C)C(O)CC1Oc1ccc(Cl)cc1C. The van der Waals surface area contributed by atoms with E-state index in [1.807, 2.05) is 25.1 Å². The first-order valence-corrected chi connectivity index (χ1v) is 6.46. The summed E-state index contributed by atoms with van der Waals surface area (Å²) in [6.45, 7) is 6.16. The molecule has 0 saturated heterocycles. The molecule has 1 aromatic carbocycles. The van der Waals surface area contributed by atoms with Gasteiger partial charge in [0.2, 0.25) is 0 Å². The number of halogens is 1. The van der Waals surface area contributed by atoms with E-state index >= 15 is 0 Å². The summed E-state index contributed by atoms with van der Waals surface area (Å²) in [6.07, 6.45) is 1.49. The molecular formula is C14H19ClO2. The lowest BCUT2D eigenvalue weighted by molar-refractivity contribution is -0.147. The van der Waals surface area contributed by atoms with Gasteiger partial charge in [-0.05, 0) is 37.1 Å². The molecule has 3 unspecified atom stereocenters. The number of benzene rings is 1. The number of aryl methyl sites for hydroxylation is 1. The van der Waals surface area contributed by atoms with Crippen LogP contribution in [0.15, 0.2) is 18.2 Å². The van der Waals surface area contributed by atoms with Crippen LogP contribution in [0.5, 0.6) is 5.75 Å². The fraction of sp³-hybridized carbons (Fsp3) is 0.571. The second kappa shape index (κ2) is 4.51. The maximum atomic E-state index is 9.83. The van der Waals surface area contributed by atoms with Crippen molar-refractivity contribution in [3.8, 4) is 5.75 Å². The highest BCUT2D eigenvalue weighted by Gasteiger charge is 2.51. The largest absolute Gasteiger partial charge is 0.489 e. The molecule has 17 heavy (non-hydrogen) atoms. The number of aliphatic hydroxyl groups is 1. The summed E-state index contributed by atoms with van der Waals surface area (Å²) in [5.41, 5.74) is 0.920. The Morgan fingerprint density at radius 2 is 2.24 bits per heavy atom. The van der Waals surface area contributed by atoms with Crippen molar-refractivity contribution in [2.75, 3.05) is 0 Å². The van der Waals surface area contributed by atoms with Gasteiger partial charge in [-0.2, -0.15) is 0 Å². The molecule has 1 aromatic rings. The third-order valence-corrected chi connectivity index (χ3v) is 4.34. The molecule has 1 fully saturated rings. The first-order valence-electron chi connectivity index (χ1n) is 6.08. The van der Waals surface area contributed by atoms with Crippen LogP contribution in [0.2, 0.25) is 5.02 Å². The average Bonchev–Trinajstić information content (AvgIpc) is 2.30. The smallest absolute Gasteiger partial charge is 0.122 e. The molecule has 0 radical (unpaired) electrons. The quantitative estimate of drug-likeness (QED) is 0.894. The second-order valence-corrected chi connectivity index (χ2v) is 5.56. The summed E-state index contributed by atoms with van der Waals surface area (Å²) in [5, 5.41) is 10.6. The van der Waals surface area contributed by atoms with E-state index in [0.717, 1.165) is 22.8 Å². The van der Waals surface area contributed by atoms with Gasteiger partial charge in [0.05, 0.1) is 6.10 Å². The van der Waals surface area contributed by atoms with E-state index < -0.39 is 0 Å². The molecular weight excluding hydrogens is 236 g/mol. The molecule has 0 amide bonds. The number of aliphatic hydroxyl groups excluding tert-OH is 1. The average molecular weight is 255 g/mol. The maximum Gasteiger partial charge on any atom is 0.122 e. The Labute approximate surface area is 108 Å². The van der Waals surface area contributed by atoms with Crippen LogP contribution in [0.1, 0.15) is 32.3 Å². The van der Waals surface area contributed by atoms with E-state index in [1.165, 1.54) is 0 Å². The summed E-state index contributed by atoms with van der Waals surface area (Å²) >= 11 is 5.91. The van der Waals surface area contributed by atoms with Crippen LogP contribution in [0.3, 0.4) is 0 Å². The Morgan fingerprint density at radius 1 is 1.53 bits per heavy atom. The molecule has 1 aliphatic carbocycles. The van der Waals surface area contributed by atoms with Gasteiger partial charge in [-0.3, -0.25) is 0 Å². The molecule has 2 rings (SSSR count). The van der Waals surface area contributed by atoms with E-state index in [2.05, 4.69) is 13.8 Å². The van der Waals surface area contributed by atoms with Gasteiger partial charge in [-0.25, -0.2) is 0 Å². The topological polar surface area (TPSA) is 29.5 Å². The summed E-state index contributed by atoms with van der Waals surface area (Å²) in [7, 11) is 0. The molecule has 0 bridgehead atoms. The summed E-state index contributed by atoms with van der Waals surface area (Å²) in [6, 6.07) is 5.63. The lowest BCUT2D eigenvalue weighted by Crippen LogP contribution is -2.57. The normalized spacial score (nSPS) is 32.1. The summed E-state index contributed by atoms with van der Waals surface area (Å²) in [5.74, 6) is 0.867. The van der Waals surface area contributed by atoms with Gasteiger partial charge in [-0.15, -0.1) is 0 Å². The Morgan fingerprint density at radius 3 is 2.76 bits per heavy atom. The minimum atomic E-state index is -0.245.